The maximum atomic E-state index is 6.31. The van der Waals surface area contributed by atoms with Gasteiger partial charge < -0.3 is 14.6 Å². The average molecular weight is 298 g/mol. The molecule has 0 saturated carbocycles. The summed E-state index contributed by atoms with van der Waals surface area (Å²) < 4.78 is 8.90. The van der Waals surface area contributed by atoms with Gasteiger partial charge in [0.2, 0.25) is 0 Å². The molecule has 0 fully saturated rings. The van der Waals surface area contributed by atoms with Gasteiger partial charge in [-0.05, 0) is 6.54 Å². The number of ether oxygens (including phenoxy) is 1. The fraction of sp³-hybridized carbons (Fsp3) is 0.538. The molecule has 2 aromatic rings. The fourth-order valence-corrected chi connectivity index (χ4v) is 2.39. The van der Waals surface area contributed by atoms with E-state index in [9.17, 15) is 0 Å². The third kappa shape index (κ3) is 3.20. The molecule has 0 bridgehead atoms. The Labute approximate surface area is 123 Å². The van der Waals surface area contributed by atoms with Gasteiger partial charge in [0.15, 0.2) is 0 Å². The zero-order chi connectivity index (χ0) is 14.5. The van der Waals surface area contributed by atoms with E-state index in [0.29, 0.717) is 18.2 Å². The number of halogens is 1. The van der Waals surface area contributed by atoms with Gasteiger partial charge in [-0.15, -0.1) is 0 Å². The monoisotopic (exact) mass is 297 g/mol. The number of aryl methyl sites for hydroxylation is 1. The van der Waals surface area contributed by atoms with E-state index >= 15 is 0 Å². The second kappa shape index (κ2) is 6.88. The highest BCUT2D eigenvalue weighted by molar-refractivity contribution is 6.31. The largest absolute Gasteiger partial charge is 0.383 e. The van der Waals surface area contributed by atoms with Crippen LogP contribution in [0.25, 0.3) is 0 Å². The molecule has 1 N–H and O–H groups in total. The Morgan fingerprint density at radius 3 is 2.90 bits per heavy atom. The Morgan fingerprint density at radius 1 is 1.50 bits per heavy atom. The first-order valence-electron chi connectivity index (χ1n) is 6.58. The highest BCUT2D eigenvalue weighted by Crippen LogP contribution is 2.27. The molecule has 2 aromatic heterocycles. The van der Waals surface area contributed by atoms with Crippen LogP contribution in [-0.2, 0) is 18.3 Å². The summed E-state index contributed by atoms with van der Waals surface area (Å²) >= 11 is 6.31. The van der Waals surface area contributed by atoms with Gasteiger partial charge in [0, 0.05) is 20.4 Å². The Bertz CT molecular complexity index is 551. The Balaban J connectivity index is 2.35. The van der Waals surface area contributed by atoms with Crippen LogP contribution in [0, 0.1) is 0 Å². The maximum Gasteiger partial charge on any atom is 0.0952 e. The van der Waals surface area contributed by atoms with Crippen molar-refractivity contribution < 1.29 is 4.74 Å². The first kappa shape index (κ1) is 15.0. The molecule has 2 heterocycles. The van der Waals surface area contributed by atoms with Crippen molar-refractivity contribution in [3.63, 3.8) is 0 Å². The zero-order valence-corrected chi connectivity index (χ0v) is 12.8. The molecule has 0 radical (unpaired) electrons. The predicted octanol–water partition coefficient (Wildman–Crippen LogP) is 1.62. The van der Waals surface area contributed by atoms with Gasteiger partial charge in [0.05, 0.1) is 48.1 Å². The van der Waals surface area contributed by atoms with E-state index in [0.717, 1.165) is 17.9 Å². The van der Waals surface area contributed by atoms with Crippen LogP contribution in [0.3, 0.4) is 0 Å². The van der Waals surface area contributed by atoms with Crippen molar-refractivity contribution in [2.45, 2.75) is 19.5 Å². The van der Waals surface area contributed by atoms with Gasteiger partial charge in [0.25, 0.3) is 0 Å². The van der Waals surface area contributed by atoms with Crippen molar-refractivity contribution in [3.8, 4) is 0 Å². The molecule has 0 aliphatic carbocycles. The second-order valence-corrected chi connectivity index (χ2v) is 4.96. The van der Waals surface area contributed by atoms with Crippen LogP contribution in [0.4, 0.5) is 0 Å². The molecule has 6 nitrogen and oxygen atoms in total. The van der Waals surface area contributed by atoms with Crippen LogP contribution in [0.2, 0.25) is 5.02 Å². The lowest BCUT2D eigenvalue weighted by molar-refractivity contribution is 0.182. The minimum absolute atomic E-state index is 0.0759. The molecule has 0 aliphatic heterocycles. The lowest BCUT2D eigenvalue weighted by Gasteiger charge is -2.18. The number of aromatic nitrogens is 4. The molecule has 1 unspecified atom stereocenters. The van der Waals surface area contributed by atoms with Crippen LogP contribution in [0.1, 0.15) is 24.4 Å². The van der Waals surface area contributed by atoms with Gasteiger partial charge in [-0.25, -0.2) is 4.98 Å². The summed E-state index contributed by atoms with van der Waals surface area (Å²) in [5.74, 6) is 0. The van der Waals surface area contributed by atoms with Crippen molar-refractivity contribution in [2.75, 3.05) is 20.3 Å². The van der Waals surface area contributed by atoms with E-state index in [1.54, 1.807) is 19.6 Å². The molecule has 7 heteroatoms. The molecule has 110 valence electrons. The van der Waals surface area contributed by atoms with Crippen LogP contribution in [0.15, 0.2) is 18.7 Å². The maximum absolute atomic E-state index is 6.31. The Hall–Kier alpha value is -1.37. The number of nitrogens with one attached hydrogen (secondary N) is 1. The predicted molar refractivity (Wildman–Crippen MR) is 77.8 cm³/mol. The SMILES string of the molecule is CCNC(c1cn(C)cn1)c1c(Cl)cnn1CCOC. The van der Waals surface area contributed by atoms with Gasteiger partial charge in [-0.2, -0.15) is 5.10 Å². The topological polar surface area (TPSA) is 56.9 Å². The molecule has 0 aliphatic rings. The summed E-state index contributed by atoms with van der Waals surface area (Å²) in [5, 5.41) is 8.37. The number of hydrogen-bond donors (Lipinski definition) is 1. The Morgan fingerprint density at radius 2 is 2.30 bits per heavy atom. The lowest BCUT2D eigenvalue weighted by Crippen LogP contribution is -2.26. The molecular weight excluding hydrogens is 278 g/mol. The van der Waals surface area contributed by atoms with Crippen molar-refractivity contribution in [1.29, 1.82) is 0 Å². The number of imidazole rings is 1. The van der Waals surface area contributed by atoms with E-state index < -0.39 is 0 Å². The van der Waals surface area contributed by atoms with Crippen LogP contribution >= 0.6 is 11.6 Å². The van der Waals surface area contributed by atoms with E-state index in [-0.39, 0.29) is 6.04 Å². The van der Waals surface area contributed by atoms with Crippen molar-refractivity contribution in [3.05, 3.63) is 35.1 Å². The summed E-state index contributed by atoms with van der Waals surface area (Å²) in [5.41, 5.74) is 1.85. The highest BCUT2D eigenvalue weighted by Gasteiger charge is 2.23. The second-order valence-electron chi connectivity index (χ2n) is 4.55. The van der Waals surface area contributed by atoms with Gasteiger partial charge >= 0.3 is 0 Å². The molecule has 0 saturated heterocycles. The van der Waals surface area contributed by atoms with Crippen molar-refractivity contribution in [2.24, 2.45) is 7.05 Å². The molecule has 2 rings (SSSR count). The first-order chi connectivity index (χ1) is 9.67. The van der Waals surface area contributed by atoms with Crippen LogP contribution < -0.4 is 5.32 Å². The van der Waals surface area contributed by atoms with E-state index in [1.807, 2.05) is 22.5 Å². The summed E-state index contributed by atoms with van der Waals surface area (Å²) in [4.78, 5) is 4.42. The summed E-state index contributed by atoms with van der Waals surface area (Å²) in [6.07, 6.45) is 5.43. The van der Waals surface area contributed by atoms with Gasteiger partial charge in [0.1, 0.15) is 0 Å². The fourth-order valence-electron chi connectivity index (χ4n) is 2.14. The van der Waals surface area contributed by atoms with Crippen LogP contribution in [-0.4, -0.2) is 39.6 Å². The number of hydrogen-bond acceptors (Lipinski definition) is 4. The van der Waals surface area contributed by atoms with Crippen molar-refractivity contribution >= 4 is 11.6 Å². The molecule has 0 spiro atoms. The summed E-state index contributed by atoms with van der Waals surface area (Å²) in [6, 6.07) is -0.0759. The summed E-state index contributed by atoms with van der Waals surface area (Å²) in [6.45, 7) is 4.12. The smallest absolute Gasteiger partial charge is 0.0952 e. The quantitative estimate of drug-likeness (QED) is 0.844. The standard InChI is InChI=1S/C13H20ClN5O/c1-4-15-12(11-8-18(2)9-16-11)13-10(14)7-17-19(13)5-6-20-3/h7-9,12,15H,4-6H2,1-3H3. The minimum Gasteiger partial charge on any atom is -0.383 e. The lowest BCUT2D eigenvalue weighted by atomic mass is 10.1. The third-order valence-corrected chi connectivity index (χ3v) is 3.33. The molecule has 0 amide bonds. The third-order valence-electron chi connectivity index (χ3n) is 3.04. The van der Waals surface area contributed by atoms with Gasteiger partial charge in [-0.3, -0.25) is 4.68 Å². The molecule has 0 aromatic carbocycles. The molecular formula is C13H20ClN5O. The average Bonchev–Trinajstić information content (AvgIpc) is 3.01. The molecule has 1 atom stereocenters. The zero-order valence-electron chi connectivity index (χ0n) is 12.0. The number of nitrogens with zero attached hydrogens (tertiary/aromatic N) is 4. The van der Waals surface area contributed by atoms with Crippen molar-refractivity contribution in [1.82, 2.24) is 24.6 Å². The minimum atomic E-state index is -0.0759. The number of methoxy groups -OCH3 is 1. The number of rotatable bonds is 7. The van der Waals surface area contributed by atoms with E-state index in [1.165, 1.54) is 0 Å². The normalized spacial score (nSPS) is 12.8. The first-order valence-corrected chi connectivity index (χ1v) is 6.96. The van der Waals surface area contributed by atoms with E-state index in [4.69, 9.17) is 16.3 Å². The van der Waals surface area contributed by atoms with E-state index in [2.05, 4.69) is 22.3 Å². The van der Waals surface area contributed by atoms with Crippen LogP contribution in [0.5, 0.6) is 0 Å². The Kier molecular flexibility index (Phi) is 5.17. The molecule has 20 heavy (non-hydrogen) atoms. The summed E-state index contributed by atoms with van der Waals surface area (Å²) in [7, 11) is 3.62. The van der Waals surface area contributed by atoms with Gasteiger partial charge in [-0.1, -0.05) is 18.5 Å². The highest BCUT2D eigenvalue weighted by atomic mass is 35.5.